The molecule has 1 heterocycles. The lowest BCUT2D eigenvalue weighted by atomic mass is 10.0. The molecule has 0 amide bonds. The molecule has 2 atom stereocenters. The van der Waals surface area contributed by atoms with Gasteiger partial charge >= 0.3 is 0 Å². The highest BCUT2D eigenvalue weighted by Crippen LogP contribution is 2.17. The van der Waals surface area contributed by atoms with Crippen LogP contribution in [0, 0.1) is 12.8 Å². The Morgan fingerprint density at radius 3 is 2.67 bits per heavy atom. The van der Waals surface area contributed by atoms with Crippen LogP contribution in [0.3, 0.4) is 0 Å². The van der Waals surface area contributed by atoms with E-state index in [1.807, 2.05) is 20.0 Å². The molecule has 0 aliphatic heterocycles. The van der Waals surface area contributed by atoms with Gasteiger partial charge in [0.25, 0.3) is 0 Å². The van der Waals surface area contributed by atoms with Gasteiger partial charge in [-0.25, -0.2) is 4.98 Å². The Labute approximate surface area is 77.3 Å². The van der Waals surface area contributed by atoms with E-state index in [9.17, 15) is 5.11 Å². The van der Waals surface area contributed by atoms with Crippen LogP contribution in [-0.2, 0) is 6.42 Å². The summed E-state index contributed by atoms with van der Waals surface area (Å²) in [7, 11) is 0. The van der Waals surface area contributed by atoms with Gasteiger partial charge in [-0.2, -0.15) is 0 Å². The molecule has 0 aliphatic carbocycles. The normalized spacial score (nSPS) is 16.0. The maximum absolute atomic E-state index is 9.27. The van der Waals surface area contributed by atoms with Crippen molar-refractivity contribution >= 4 is 11.3 Å². The molecule has 68 valence electrons. The van der Waals surface area contributed by atoms with Gasteiger partial charge in [-0.15, -0.1) is 11.3 Å². The van der Waals surface area contributed by atoms with Crippen LogP contribution in [0.5, 0.6) is 0 Å². The van der Waals surface area contributed by atoms with E-state index in [4.69, 9.17) is 0 Å². The standard InChI is InChI=1S/C9H15NOS/c1-6(7(2)11)4-9-5-10-8(3)12-9/h5-7,11H,4H2,1-3H3. The summed E-state index contributed by atoms with van der Waals surface area (Å²) in [6.07, 6.45) is 2.61. The molecular weight excluding hydrogens is 170 g/mol. The Morgan fingerprint density at radius 1 is 1.58 bits per heavy atom. The highest BCUT2D eigenvalue weighted by Gasteiger charge is 2.10. The van der Waals surface area contributed by atoms with E-state index in [0.29, 0.717) is 5.92 Å². The number of thiazole rings is 1. The molecule has 3 heteroatoms. The molecule has 0 bridgehead atoms. The molecule has 1 rings (SSSR count). The summed E-state index contributed by atoms with van der Waals surface area (Å²) in [4.78, 5) is 5.43. The van der Waals surface area contributed by atoms with Gasteiger partial charge < -0.3 is 5.11 Å². The van der Waals surface area contributed by atoms with Gasteiger partial charge in [-0.1, -0.05) is 6.92 Å². The fraction of sp³-hybridized carbons (Fsp3) is 0.667. The minimum atomic E-state index is -0.229. The zero-order chi connectivity index (χ0) is 9.14. The van der Waals surface area contributed by atoms with Crippen LogP contribution in [0.25, 0.3) is 0 Å². The Balaban J connectivity index is 2.52. The van der Waals surface area contributed by atoms with E-state index >= 15 is 0 Å². The number of hydrogen-bond donors (Lipinski definition) is 1. The van der Waals surface area contributed by atoms with Gasteiger partial charge in [0.2, 0.25) is 0 Å². The fourth-order valence-corrected chi connectivity index (χ4v) is 1.92. The maximum atomic E-state index is 9.27. The summed E-state index contributed by atoms with van der Waals surface area (Å²) < 4.78 is 0. The monoisotopic (exact) mass is 185 g/mol. The molecule has 12 heavy (non-hydrogen) atoms. The number of aryl methyl sites for hydroxylation is 1. The molecular formula is C9H15NOS. The summed E-state index contributed by atoms with van der Waals surface area (Å²) in [6, 6.07) is 0. The number of aromatic nitrogens is 1. The zero-order valence-electron chi connectivity index (χ0n) is 7.74. The first kappa shape index (κ1) is 9.68. The van der Waals surface area contributed by atoms with E-state index in [0.717, 1.165) is 11.4 Å². The number of rotatable bonds is 3. The van der Waals surface area contributed by atoms with E-state index in [1.54, 1.807) is 11.3 Å². The predicted molar refractivity (Wildman–Crippen MR) is 51.4 cm³/mol. The van der Waals surface area contributed by atoms with Crippen LogP contribution in [0.1, 0.15) is 23.7 Å². The smallest absolute Gasteiger partial charge is 0.0896 e. The molecule has 0 spiro atoms. The van der Waals surface area contributed by atoms with Gasteiger partial charge in [-0.05, 0) is 26.2 Å². The highest BCUT2D eigenvalue weighted by molar-refractivity contribution is 7.11. The molecule has 0 aliphatic rings. The molecule has 0 fully saturated rings. The summed E-state index contributed by atoms with van der Waals surface area (Å²) in [6.45, 7) is 5.89. The topological polar surface area (TPSA) is 33.1 Å². The van der Waals surface area contributed by atoms with E-state index in [-0.39, 0.29) is 6.10 Å². The molecule has 1 aromatic rings. The van der Waals surface area contributed by atoms with Crippen LogP contribution in [-0.4, -0.2) is 16.2 Å². The Morgan fingerprint density at radius 2 is 2.25 bits per heavy atom. The Kier molecular flexibility index (Phi) is 3.23. The van der Waals surface area contributed by atoms with Crippen molar-refractivity contribution in [1.82, 2.24) is 4.98 Å². The highest BCUT2D eigenvalue weighted by atomic mass is 32.1. The molecule has 1 aromatic heterocycles. The van der Waals surface area contributed by atoms with Crippen molar-refractivity contribution in [2.24, 2.45) is 5.92 Å². The third-order valence-electron chi connectivity index (χ3n) is 2.02. The summed E-state index contributed by atoms with van der Waals surface area (Å²) >= 11 is 1.71. The van der Waals surface area contributed by atoms with Gasteiger partial charge in [-0.3, -0.25) is 0 Å². The van der Waals surface area contributed by atoms with Gasteiger partial charge in [0.1, 0.15) is 0 Å². The number of aliphatic hydroxyl groups excluding tert-OH is 1. The van der Waals surface area contributed by atoms with Crippen LogP contribution >= 0.6 is 11.3 Å². The second kappa shape index (κ2) is 4.01. The van der Waals surface area contributed by atoms with Crippen molar-refractivity contribution in [2.75, 3.05) is 0 Å². The summed E-state index contributed by atoms with van der Waals surface area (Å²) in [5, 5.41) is 10.4. The number of hydrogen-bond acceptors (Lipinski definition) is 3. The molecule has 0 radical (unpaired) electrons. The third-order valence-corrected chi connectivity index (χ3v) is 2.95. The SMILES string of the molecule is Cc1ncc(CC(C)C(C)O)s1. The molecule has 2 nitrogen and oxygen atoms in total. The fourth-order valence-electron chi connectivity index (χ4n) is 0.988. The van der Waals surface area contributed by atoms with E-state index in [1.165, 1.54) is 4.88 Å². The molecule has 0 saturated carbocycles. The van der Waals surface area contributed by atoms with Gasteiger partial charge in [0.05, 0.1) is 11.1 Å². The second-order valence-electron chi connectivity index (χ2n) is 3.27. The quantitative estimate of drug-likeness (QED) is 0.781. The molecule has 0 saturated heterocycles. The first-order valence-corrected chi connectivity index (χ1v) is 5.00. The lowest BCUT2D eigenvalue weighted by molar-refractivity contribution is 0.135. The van der Waals surface area contributed by atoms with E-state index in [2.05, 4.69) is 11.9 Å². The number of aliphatic hydroxyl groups is 1. The van der Waals surface area contributed by atoms with Crippen molar-refractivity contribution in [3.05, 3.63) is 16.1 Å². The van der Waals surface area contributed by atoms with Gasteiger partial charge in [0, 0.05) is 11.1 Å². The van der Waals surface area contributed by atoms with Crippen molar-refractivity contribution in [1.29, 1.82) is 0 Å². The van der Waals surface area contributed by atoms with Crippen LogP contribution in [0.2, 0.25) is 0 Å². The summed E-state index contributed by atoms with van der Waals surface area (Å²) in [5.74, 6) is 0.324. The molecule has 1 N–H and O–H groups in total. The van der Waals surface area contributed by atoms with Gasteiger partial charge in [0.15, 0.2) is 0 Å². The zero-order valence-corrected chi connectivity index (χ0v) is 8.56. The van der Waals surface area contributed by atoms with Crippen LogP contribution < -0.4 is 0 Å². The second-order valence-corrected chi connectivity index (χ2v) is 4.59. The predicted octanol–water partition coefficient (Wildman–Crippen LogP) is 2.01. The minimum Gasteiger partial charge on any atom is -0.393 e. The van der Waals surface area contributed by atoms with Crippen molar-refractivity contribution in [3.8, 4) is 0 Å². The average molecular weight is 185 g/mol. The lowest BCUT2D eigenvalue weighted by Gasteiger charge is -2.12. The first-order chi connectivity index (χ1) is 5.59. The summed E-state index contributed by atoms with van der Waals surface area (Å²) in [5.41, 5.74) is 0. The molecule has 2 unspecified atom stereocenters. The number of nitrogens with zero attached hydrogens (tertiary/aromatic N) is 1. The van der Waals surface area contributed by atoms with Crippen LogP contribution in [0.4, 0.5) is 0 Å². The Bertz CT molecular complexity index is 244. The lowest BCUT2D eigenvalue weighted by Crippen LogP contribution is -2.14. The minimum absolute atomic E-state index is 0.229. The first-order valence-electron chi connectivity index (χ1n) is 4.19. The Hall–Kier alpha value is -0.410. The molecule has 0 aromatic carbocycles. The maximum Gasteiger partial charge on any atom is 0.0896 e. The van der Waals surface area contributed by atoms with Crippen molar-refractivity contribution in [2.45, 2.75) is 33.3 Å². The van der Waals surface area contributed by atoms with Crippen molar-refractivity contribution in [3.63, 3.8) is 0 Å². The average Bonchev–Trinajstić information content (AvgIpc) is 2.35. The van der Waals surface area contributed by atoms with Crippen molar-refractivity contribution < 1.29 is 5.11 Å². The van der Waals surface area contributed by atoms with E-state index < -0.39 is 0 Å². The third kappa shape index (κ3) is 2.57. The largest absolute Gasteiger partial charge is 0.393 e. The van der Waals surface area contributed by atoms with Crippen LogP contribution in [0.15, 0.2) is 6.20 Å².